The number of carbonyl (C=O) groups excluding carboxylic acids is 3. The van der Waals surface area contributed by atoms with E-state index in [1.54, 1.807) is 37.5 Å². The van der Waals surface area contributed by atoms with E-state index in [1.165, 1.54) is 11.8 Å². The predicted octanol–water partition coefficient (Wildman–Crippen LogP) is 3.58. The maximum absolute atomic E-state index is 12.7. The van der Waals surface area contributed by atoms with Gasteiger partial charge in [0.05, 0.1) is 17.9 Å². The van der Waals surface area contributed by atoms with Gasteiger partial charge in [0, 0.05) is 48.5 Å². The topological polar surface area (TPSA) is 84.9 Å². The number of fused-ring (bicyclic) bond motifs is 1. The van der Waals surface area contributed by atoms with Gasteiger partial charge in [0.25, 0.3) is 0 Å². The molecule has 7 nitrogen and oxygen atoms in total. The molecule has 34 heavy (non-hydrogen) atoms. The summed E-state index contributed by atoms with van der Waals surface area (Å²) in [6, 6.07) is 14.9. The van der Waals surface area contributed by atoms with Crippen LogP contribution in [0.4, 0.5) is 5.69 Å². The zero-order valence-electron chi connectivity index (χ0n) is 19.9. The molecular formula is C26H30N2O5S. The Hall–Kier alpha value is -3.10. The average Bonchev–Trinajstić information content (AvgIpc) is 3.02. The van der Waals surface area contributed by atoms with Crippen molar-refractivity contribution in [2.75, 3.05) is 44.6 Å². The van der Waals surface area contributed by atoms with Gasteiger partial charge < -0.3 is 19.7 Å². The lowest BCUT2D eigenvalue weighted by atomic mass is 9.83. The number of hydrogen-bond acceptors (Lipinski definition) is 7. The van der Waals surface area contributed by atoms with Crippen LogP contribution in [0.25, 0.3) is 0 Å². The molecule has 3 rings (SSSR count). The zero-order chi connectivity index (χ0) is 24.7. The van der Waals surface area contributed by atoms with E-state index in [9.17, 15) is 14.4 Å². The highest BCUT2D eigenvalue weighted by molar-refractivity contribution is 8.00. The number of amides is 1. The number of rotatable bonds is 10. The molecule has 8 heteroatoms. The summed E-state index contributed by atoms with van der Waals surface area (Å²) in [6.45, 7) is 4.63. The molecule has 0 fully saturated rings. The zero-order valence-corrected chi connectivity index (χ0v) is 20.7. The second-order valence-corrected chi connectivity index (χ2v) is 9.42. The molecule has 1 aliphatic heterocycles. The number of esters is 1. The van der Waals surface area contributed by atoms with E-state index in [4.69, 9.17) is 9.47 Å². The normalized spacial score (nSPS) is 15.2. The van der Waals surface area contributed by atoms with Crippen LogP contribution in [0.5, 0.6) is 0 Å². The van der Waals surface area contributed by atoms with Crippen LogP contribution in [-0.2, 0) is 24.5 Å². The fourth-order valence-electron chi connectivity index (χ4n) is 3.92. The van der Waals surface area contributed by atoms with Crippen molar-refractivity contribution >= 4 is 35.1 Å². The smallest absolute Gasteiger partial charge is 0.339 e. The van der Waals surface area contributed by atoms with Crippen LogP contribution in [0, 0.1) is 0 Å². The molecule has 0 unspecified atom stereocenters. The van der Waals surface area contributed by atoms with Crippen LogP contribution in [0.2, 0.25) is 0 Å². The number of methoxy groups -OCH3 is 1. The summed E-state index contributed by atoms with van der Waals surface area (Å²) >= 11 is 1.24. The van der Waals surface area contributed by atoms with Gasteiger partial charge in [0.15, 0.2) is 12.4 Å². The molecule has 2 aromatic carbocycles. The minimum absolute atomic E-state index is 0.154. The Labute approximate surface area is 204 Å². The molecule has 0 radical (unpaired) electrons. The molecule has 180 valence electrons. The molecule has 0 aliphatic carbocycles. The Kier molecular flexibility index (Phi) is 8.52. The predicted molar refractivity (Wildman–Crippen MR) is 133 cm³/mol. The van der Waals surface area contributed by atoms with Gasteiger partial charge in [0.2, 0.25) is 5.91 Å². The third-order valence-corrected chi connectivity index (χ3v) is 6.75. The Morgan fingerprint density at radius 3 is 2.53 bits per heavy atom. The van der Waals surface area contributed by atoms with Crippen molar-refractivity contribution in [3.8, 4) is 0 Å². The molecular weight excluding hydrogens is 452 g/mol. The summed E-state index contributed by atoms with van der Waals surface area (Å²) in [6.07, 6.45) is 1.55. The molecule has 0 aromatic heterocycles. The highest BCUT2D eigenvalue weighted by atomic mass is 32.2. The van der Waals surface area contributed by atoms with Crippen LogP contribution in [0.15, 0.2) is 65.2 Å². The number of anilines is 1. The largest absolute Gasteiger partial charge is 0.454 e. The van der Waals surface area contributed by atoms with Crippen molar-refractivity contribution in [1.82, 2.24) is 5.32 Å². The molecule has 0 saturated carbocycles. The maximum Gasteiger partial charge on any atom is 0.339 e. The van der Waals surface area contributed by atoms with E-state index in [-0.39, 0.29) is 29.5 Å². The molecule has 1 N–H and O–H groups in total. The summed E-state index contributed by atoms with van der Waals surface area (Å²) in [4.78, 5) is 40.0. The number of carbonyl (C=O) groups is 3. The number of para-hydroxylation sites is 1. The maximum atomic E-state index is 12.7. The fraction of sp³-hybridized carbons (Fsp3) is 0.346. The Morgan fingerprint density at radius 2 is 1.79 bits per heavy atom. The van der Waals surface area contributed by atoms with Crippen molar-refractivity contribution in [3.63, 3.8) is 0 Å². The molecule has 0 spiro atoms. The lowest BCUT2D eigenvalue weighted by Crippen LogP contribution is -2.28. The fourth-order valence-corrected chi connectivity index (χ4v) is 4.79. The number of allylic oxidation sites excluding steroid dienone is 1. The third-order valence-electron chi connectivity index (χ3n) is 5.68. The standard InChI is InChI=1S/C26H30N2O5S/c1-26(2)20-10-6-7-11-21(20)28(3)23(26)15-18(29)16-33-25(31)19-9-5-8-12-22(19)34-17-24(30)27-13-14-32-4/h5-12,15H,13-14,16-17H2,1-4H3,(H,27,30)/b23-15+. The van der Waals surface area contributed by atoms with E-state index in [2.05, 4.69) is 25.2 Å². The average molecular weight is 483 g/mol. The number of hydrogen-bond donors (Lipinski definition) is 1. The quantitative estimate of drug-likeness (QED) is 0.240. The second kappa shape index (κ2) is 11.4. The van der Waals surface area contributed by atoms with Crippen LogP contribution in [-0.4, -0.2) is 57.3 Å². The minimum Gasteiger partial charge on any atom is -0.454 e. The van der Waals surface area contributed by atoms with Crippen molar-refractivity contribution < 1.29 is 23.9 Å². The number of benzene rings is 2. The van der Waals surface area contributed by atoms with Gasteiger partial charge in [-0.2, -0.15) is 0 Å². The molecule has 0 bridgehead atoms. The Balaban J connectivity index is 1.61. The van der Waals surface area contributed by atoms with Crippen LogP contribution in [0.1, 0.15) is 29.8 Å². The van der Waals surface area contributed by atoms with Gasteiger partial charge in [-0.3, -0.25) is 9.59 Å². The van der Waals surface area contributed by atoms with Gasteiger partial charge in [0.1, 0.15) is 0 Å². The first-order chi connectivity index (χ1) is 16.3. The number of ketones is 1. The van der Waals surface area contributed by atoms with Gasteiger partial charge >= 0.3 is 5.97 Å². The van der Waals surface area contributed by atoms with E-state index >= 15 is 0 Å². The summed E-state index contributed by atoms with van der Waals surface area (Å²) in [5.74, 6) is -0.895. The number of nitrogens with zero attached hydrogens (tertiary/aromatic N) is 1. The van der Waals surface area contributed by atoms with Gasteiger partial charge in [-0.1, -0.05) is 44.2 Å². The van der Waals surface area contributed by atoms with E-state index in [0.29, 0.717) is 23.6 Å². The number of likely N-dealkylation sites (N-methyl/N-ethyl adjacent to an activating group) is 1. The lowest BCUT2D eigenvalue weighted by Gasteiger charge is -2.23. The van der Waals surface area contributed by atoms with Crippen molar-refractivity contribution in [2.45, 2.75) is 24.2 Å². The minimum atomic E-state index is -0.600. The summed E-state index contributed by atoms with van der Waals surface area (Å²) in [5.41, 5.74) is 3.04. The van der Waals surface area contributed by atoms with Crippen LogP contribution in [0.3, 0.4) is 0 Å². The summed E-state index contributed by atoms with van der Waals surface area (Å²) < 4.78 is 10.2. The first kappa shape index (κ1) is 25.5. The van der Waals surface area contributed by atoms with Crippen LogP contribution >= 0.6 is 11.8 Å². The Bertz CT molecular complexity index is 1100. The van der Waals surface area contributed by atoms with E-state index in [1.807, 2.05) is 30.1 Å². The SMILES string of the molecule is COCCNC(=O)CSc1ccccc1C(=O)OCC(=O)/C=C1/N(C)c2ccccc2C1(C)C. The first-order valence-electron chi connectivity index (χ1n) is 11.0. The van der Waals surface area contributed by atoms with E-state index in [0.717, 1.165) is 16.9 Å². The number of ether oxygens (including phenoxy) is 2. The molecule has 1 aliphatic rings. The molecule has 2 aromatic rings. The number of nitrogens with one attached hydrogen (secondary N) is 1. The summed E-state index contributed by atoms with van der Waals surface area (Å²) in [7, 11) is 3.49. The first-order valence-corrected chi connectivity index (χ1v) is 12.0. The van der Waals surface area contributed by atoms with Crippen molar-refractivity contribution in [3.05, 3.63) is 71.4 Å². The molecule has 1 heterocycles. The summed E-state index contributed by atoms with van der Waals surface area (Å²) in [5, 5.41) is 2.74. The van der Waals surface area contributed by atoms with Gasteiger partial charge in [-0.05, 0) is 23.8 Å². The Morgan fingerprint density at radius 1 is 1.09 bits per heavy atom. The second-order valence-electron chi connectivity index (χ2n) is 8.40. The number of thioether (sulfide) groups is 1. The molecule has 1 amide bonds. The van der Waals surface area contributed by atoms with Gasteiger partial charge in [-0.15, -0.1) is 11.8 Å². The highest BCUT2D eigenvalue weighted by Gasteiger charge is 2.38. The molecule has 0 atom stereocenters. The van der Waals surface area contributed by atoms with Crippen molar-refractivity contribution in [1.29, 1.82) is 0 Å². The van der Waals surface area contributed by atoms with Crippen molar-refractivity contribution in [2.24, 2.45) is 0 Å². The molecule has 0 saturated heterocycles. The van der Waals surface area contributed by atoms with Crippen LogP contribution < -0.4 is 10.2 Å². The van der Waals surface area contributed by atoms with Gasteiger partial charge in [-0.25, -0.2) is 4.79 Å². The third kappa shape index (κ3) is 5.87. The van der Waals surface area contributed by atoms with E-state index < -0.39 is 5.97 Å². The monoisotopic (exact) mass is 482 g/mol. The highest BCUT2D eigenvalue weighted by Crippen LogP contribution is 2.46. The lowest BCUT2D eigenvalue weighted by molar-refractivity contribution is -0.119.